The molecule has 3 rings (SSSR count). The lowest BCUT2D eigenvalue weighted by Crippen LogP contribution is -2.18. The number of carbonyl (C=O) groups is 1. The number of aliphatic hydroxyl groups is 1. The Bertz CT molecular complexity index is 498. The van der Waals surface area contributed by atoms with Gasteiger partial charge in [0, 0.05) is 12.3 Å². The standard InChI is InChI=1S/C20H30O4/c1-2-17(21)16-11-14(16)15-12-18-20(24-18)13(15)9-7-5-3-4-6-8-10-19(22)23/h3-4,7,9,13-18,20-21H,2,5-6,8,10-12H2,1H3,(H,22,23)/b4-3?,9-7-/t13-,14-,15+,16+,17+,18-,20+/m0/s1. The zero-order valence-corrected chi connectivity index (χ0v) is 14.5. The van der Waals surface area contributed by atoms with E-state index in [1.165, 1.54) is 12.8 Å². The molecule has 2 aliphatic carbocycles. The van der Waals surface area contributed by atoms with Gasteiger partial charge < -0.3 is 14.9 Å². The van der Waals surface area contributed by atoms with Crippen molar-refractivity contribution < 1.29 is 19.7 Å². The Balaban J connectivity index is 1.40. The van der Waals surface area contributed by atoms with Gasteiger partial charge in [0.15, 0.2) is 0 Å². The van der Waals surface area contributed by atoms with Crippen LogP contribution in [-0.4, -0.2) is 34.5 Å². The number of epoxide rings is 1. The lowest BCUT2D eigenvalue weighted by atomic mass is 9.88. The first-order chi connectivity index (χ1) is 11.6. The Kier molecular flexibility index (Phi) is 5.77. The molecule has 0 aromatic heterocycles. The van der Waals surface area contributed by atoms with Crippen LogP contribution < -0.4 is 0 Å². The second kappa shape index (κ2) is 7.83. The minimum atomic E-state index is -0.721. The summed E-state index contributed by atoms with van der Waals surface area (Å²) in [4.78, 5) is 10.4. The second-order valence-electron chi connectivity index (χ2n) is 7.58. The van der Waals surface area contributed by atoms with Crippen LogP contribution in [0.5, 0.6) is 0 Å². The van der Waals surface area contributed by atoms with E-state index in [-0.39, 0.29) is 12.5 Å². The predicted octanol–water partition coefficient (Wildman–Crippen LogP) is 3.55. The summed E-state index contributed by atoms with van der Waals surface area (Å²) in [6, 6.07) is 0. The van der Waals surface area contributed by atoms with E-state index < -0.39 is 5.97 Å². The molecule has 134 valence electrons. The number of hydrogen-bond donors (Lipinski definition) is 2. The van der Waals surface area contributed by atoms with Gasteiger partial charge in [0.25, 0.3) is 0 Å². The molecule has 1 saturated heterocycles. The number of rotatable bonds is 10. The van der Waals surface area contributed by atoms with Crippen LogP contribution in [0.15, 0.2) is 24.3 Å². The molecule has 1 aliphatic heterocycles. The average molecular weight is 334 g/mol. The Hall–Kier alpha value is -1.13. The largest absolute Gasteiger partial charge is 0.481 e. The van der Waals surface area contributed by atoms with Gasteiger partial charge in [0.05, 0.1) is 18.3 Å². The summed E-state index contributed by atoms with van der Waals surface area (Å²) in [5.74, 6) is 1.70. The number of hydrogen-bond acceptors (Lipinski definition) is 3. The van der Waals surface area contributed by atoms with Crippen molar-refractivity contribution in [2.24, 2.45) is 23.7 Å². The van der Waals surface area contributed by atoms with E-state index in [2.05, 4.69) is 31.2 Å². The molecule has 0 amide bonds. The molecule has 7 atom stereocenters. The van der Waals surface area contributed by atoms with Gasteiger partial charge >= 0.3 is 5.97 Å². The van der Waals surface area contributed by atoms with Gasteiger partial charge in [-0.15, -0.1) is 0 Å². The third-order valence-corrected chi connectivity index (χ3v) is 5.91. The number of aliphatic hydroxyl groups excluding tert-OH is 1. The van der Waals surface area contributed by atoms with Crippen molar-refractivity contribution in [3.63, 3.8) is 0 Å². The van der Waals surface area contributed by atoms with Crippen molar-refractivity contribution in [3.8, 4) is 0 Å². The van der Waals surface area contributed by atoms with E-state index >= 15 is 0 Å². The highest BCUT2D eigenvalue weighted by molar-refractivity contribution is 5.66. The molecule has 4 heteroatoms. The fraction of sp³-hybridized carbons (Fsp3) is 0.750. The predicted molar refractivity (Wildman–Crippen MR) is 92.5 cm³/mol. The monoisotopic (exact) mass is 334 g/mol. The van der Waals surface area contributed by atoms with Crippen molar-refractivity contribution in [1.82, 2.24) is 0 Å². The number of ether oxygens (including phenoxy) is 1. The summed E-state index contributed by atoms with van der Waals surface area (Å²) >= 11 is 0. The normalized spacial score (nSPS) is 38.6. The molecule has 0 aromatic carbocycles. The van der Waals surface area contributed by atoms with Gasteiger partial charge in [-0.2, -0.15) is 0 Å². The molecule has 2 saturated carbocycles. The van der Waals surface area contributed by atoms with Gasteiger partial charge in [-0.1, -0.05) is 31.2 Å². The summed E-state index contributed by atoms with van der Waals surface area (Å²) in [6.07, 6.45) is 15.4. The van der Waals surface area contributed by atoms with Gasteiger partial charge in [0.1, 0.15) is 0 Å². The van der Waals surface area contributed by atoms with Crippen molar-refractivity contribution in [2.75, 3.05) is 0 Å². The van der Waals surface area contributed by atoms with Crippen LogP contribution >= 0.6 is 0 Å². The lowest BCUT2D eigenvalue weighted by Gasteiger charge is -2.20. The van der Waals surface area contributed by atoms with Crippen LogP contribution in [0.4, 0.5) is 0 Å². The molecule has 3 fully saturated rings. The van der Waals surface area contributed by atoms with E-state index in [4.69, 9.17) is 9.84 Å². The molecule has 0 spiro atoms. The van der Waals surface area contributed by atoms with E-state index in [1.54, 1.807) is 0 Å². The maximum Gasteiger partial charge on any atom is 0.303 e. The van der Waals surface area contributed by atoms with Gasteiger partial charge in [0.2, 0.25) is 0 Å². The minimum Gasteiger partial charge on any atom is -0.481 e. The number of allylic oxidation sites excluding steroid dienone is 3. The zero-order valence-electron chi connectivity index (χ0n) is 14.5. The van der Waals surface area contributed by atoms with Crippen LogP contribution in [0.1, 0.15) is 51.9 Å². The van der Waals surface area contributed by atoms with Crippen LogP contribution in [0.25, 0.3) is 0 Å². The average Bonchev–Trinajstić information content (AvgIpc) is 3.46. The second-order valence-corrected chi connectivity index (χ2v) is 7.58. The Morgan fingerprint density at radius 1 is 1.25 bits per heavy atom. The van der Waals surface area contributed by atoms with Crippen molar-refractivity contribution >= 4 is 5.97 Å². The lowest BCUT2D eigenvalue weighted by molar-refractivity contribution is -0.137. The highest BCUT2D eigenvalue weighted by Crippen LogP contribution is 2.59. The van der Waals surface area contributed by atoms with Gasteiger partial charge in [-0.05, 0) is 56.3 Å². The Labute approximate surface area is 144 Å². The molecule has 4 nitrogen and oxygen atoms in total. The summed E-state index contributed by atoms with van der Waals surface area (Å²) < 4.78 is 5.74. The highest BCUT2D eigenvalue weighted by Gasteiger charge is 2.60. The quantitative estimate of drug-likeness (QED) is 0.364. The van der Waals surface area contributed by atoms with Crippen LogP contribution in [-0.2, 0) is 9.53 Å². The summed E-state index contributed by atoms with van der Waals surface area (Å²) in [5.41, 5.74) is 0. The van der Waals surface area contributed by atoms with E-state index in [1.807, 2.05) is 0 Å². The SMILES string of the molecule is CC[C@@H](O)[C@@H]1C[C@H]1[C@@H]1C[C@@H]2O[C@@H]2[C@H]1/C=C\CC=CCCCC(=O)O. The summed E-state index contributed by atoms with van der Waals surface area (Å²) in [7, 11) is 0. The third kappa shape index (κ3) is 4.28. The van der Waals surface area contributed by atoms with Crippen molar-refractivity contribution in [3.05, 3.63) is 24.3 Å². The van der Waals surface area contributed by atoms with E-state index in [9.17, 15) is 9.90 Å². The van der Waals surface area contributed by atoms with Crippen LogP contribution in [0.2, 0.25) is 0 Å². The smallest absolute Gasteiger partial charge is 0.303 e. The summed E-state index contributed by atoms with van der Waals surface area (Å²) in [6.45, 7) is 2.06. The topological polar surface area (TPSA) is 70.1 Å². The first-order valence-electron chi connectivity index (χ1n) is 9.48. The number of aliphatic carboxylic acids is 1. The molecule has 3 aliphatic rings. The first kappa shape index (κ1) is 17.7. The van der Waals surface area contributed by atoms with Crippen LogP contribution in [0.3, 0.4) is 0 Å². The van der Waals surface area contributed by atoms with Crippen molar-refractivity contribution in [1.29, 1.82) is 0 Å². The first-order valence-corrected chi connectivity index (χ1v) is 9.48. The maximum absolute atomic E-state index is 10.4. The molecule has 0 aromatic rings. The molecule has 1 heterocycles. The number of unbranched alkanes of at least 4 members (excludes halogenated alkanes) is 1. The number of fused-ring (bicyclic) bond motifs is 1. The van der Waals surface area contributed by atoms with E-state index in [0.717, 1.165) is 19.3 Å². The summed E-state index contributed by atoms with van der Waals surface area (Å²) in [5, 5.41) is 18.6. The zero-order chi connectivity index (χ0) is 17.1. The third-order valence-electron chi connectivity index (χ3n) is 5.91. The fourth-order valence-electron chi connectivity index (χ4n) is 4.44. The molecular formula is C20H30O4. The van der Waals surface area contributed by atoms with Crippen molar-refractivity contribution in [2.45, 2.75) is 70.2 Å². The molecule has 2 N–H and O–H groups in total. The number of carboxylic acid groups (broad SMARTS) is 1. The van der Waals surface area contributed by atoms with Crippen LogP contribution in [0, 0.1) is 23.7 Å². The Morgan fingerprint density at radius 2 is 2.08 bits per heavy atom. The Morgan fingerprint density at radius 3 is 2.83 bits per heavy atom. The minimum absolute atomic E-state index is 0.119. The fourth-order valence-corrected chi connectivity index (χ4v) is 4.44. The maximum atomic E-state index is 10.4. The molecule has 0 radical (unpaired) electrons. The van der Waals surface area contributed by atoms with Gasteiger partial charge in [-0.3, -0.25) is 4.79 Å². The highest BCUT2D eigenvalue weighted by atomic mass is 16.6. The molecule has 24 heavy (non-hydrogen) atoms. The van der Waals surface area contributed by atoms with Gasteiger partial charge in [-0.25, -0.2) is 0 Å². The number of carboxylic acids is 1. The van der Waals surface area contributed by atoms with E-state index in [0.29, 0.717) is 42.3 Å². The molecular weight excluding hydrogens is 304 g/mol. The molecule has 0 bridgehead atoms. The molecule has 0 unspecified atom stereocenters.